The molecule has 0 aliphatic carbocycles. The molecule has 86 valence electrons. The SMILES string of the molecule is C[Si](C)(C)O[Si]1(O[Si](C)(C)C)C=CC=C1. The highest BCUT2D eigenvalue weighted by molar-refractivity contribution is 6.93. The van der Waals surface area contributed by atoms with Crippen LogP contribution >= 0.6 is 0 Å². The van der Waals surface area contributed by atoms with Gasteiger partial charge in [-0.3, -0.25) is 0 Å². The Balaban J connectivity index is 2.82. The van der Waals surface area contributed by atoms with Crippen molar-refractivity contribution < 1.29 is 8.23 Å². The molecule has 0 N–H and O–H groups in total. The summed E-state index contributed by atoms with van der Waals surface area (Å²) in [7, 11) is -5.22. The summed E-state index contributed by atoms with van der Waals surface area (Å²) in [5, 5.41) is 0. The van der Waals surface area contributed by atoms with Crippen molar-refractivity contribution in [1.29, 1.82) is 0 Å². The van der Waals surface area contributed by atoms with Gasteiger partial charge in [0.1, 0.15) is 0 Å². The maximum absolute atomic E-state index is 6.28. The molecule has 15 heavy (non-hydrogen) atoms. The van der Waals surface area contributed by atoms with Crippen LogP contribution in [-0.4, -0.2) is 25.2 Å². The number of hydrogen-bond acceptors (Lipinski definition) is 2. The predicted octanol–water partition coefficient (Wildman–Crippen LogP) is 3.34. The van der Waals surface area contributed by atoms with Gasteiger partial charge in [-0.05, 0) is 50.7 Å². The van der Waals surface area contributed by atoms with E-state index in [1.165, 1.54) is 0 Å². The van der Waals surface area contributed by atoms with E-state index in [2.05, 4.69) is 62.8 Å². The molecule has 0 aromatic rings. The molecule has 0 radical (unpaired) electrons. The minimum Gasteiger partial charge on any atom is -0.431 e. The van der Waals surface area contributed by atoms with Crippen molar-refractivity contribution >= 4 is 25.2 Å². The first-order valence-electron chi connectivity index (χ1n) is 5.39. The minimum atomic E-state index is -2.14. The fraction of sp³-hybridized carbons (Fsp3) is 0.600. The van der Waals surface area contributed by atoms with Gasteiger partial charge in [0.05, 0.1) is 0 Å². The van der Waals surface area contributed by atoms with Crippen LogP contribution in [0.5, 0.6) is 0 Å². The monoisotopic (exact) mass is 258 g/mol. The van der Waals surface area contributed by atoms with E-state index in [-0.39, 0.29) is 0 Å². The summed E-state index contributed by atoms with van der Waals surface area (Å²) in [6.07, 6.45) is 4.12. The third-order valence-corrected chi connectivity index (χ3v) is 10.5. The summed E-state index contributed by atoms with van der Waals surface area (Å²) >= 11 is 0. The molecule has 2 nitrogen and oxygen atoms in total. The van der Waals surface area contributed by atoms with E-state index in [0.717, 1.165) is 0 Å². The van der Waals surface area contributed by atoms with E-state index in [1.807, 2.05) is 0 Å². The van der Waals surface area contributed by atoms with Crippen molar-refractivity contribution in [3.8, 4) is 0 Å². The molecule has 0 atom stereocenters. The Morgan fingerprint density at radius 2 is 1.07 bits per heavy atom. The molecule has 0 spiro atoms. The molecule has 0 aromatic carbocycles. The molecular weight excluding hydrogens is 236 g/mol. The second-order valence-electron chi connectivity index (χ2n) is 5.87. The average molecular weight is 259 g/mol. The van der Waals surface area contributed by atoms with Crippen molar-refractivity contribution in [3.05, 3.63) is 23.6 Å². The largest absolute Gasteiger partial charge is 0.431 e. The number of allylic oxidation sites excluding steroid dienone is 2. The van der Waals surface area contributed by atoms with Gasteiger partial charge < -0.3 is 8.23 Å². The quantitative estimate of drug-likeness (QED) is 0.720. The summed E-state index contributed by atoms with van der Waals surface area (Å²) in [6, 6.07) is 0. The summed E-state index contributed by atoms with van der Waals surface area (Å²) in [6.45, 7) is 13.3. The molecular formula is C10H22O2Si3. The van der Waals surface area contributed by atoms with E-state index < -0.39 is 25.2 Å². The molecule has 0 amide bonds. The Morgan fingerprint density at radius 1 is 0.733 bits per heavy atom. The zero-order valence-corrected chi connectivity index (χ0v) is 13.6. The maximum atomic E-state index is 6.28. The van der Waals surface area contributed by atoms with Crippen LogP contribution in [0.4, 0.5) is 0 Å². The Bertz CT molecular complexity index is 254. The van der Waals surface area contributed by atoms with Crippen molar-refractivity contribution in [2.24, 2.45) is 0 Å². The van der Waals surface area contributed by atoms with Crippen LogP contribution in [0.2, 0.25) is 39.3 Å². The Hall–Kier alpha value is 0.0506. The van der Waals surface area contributed by atoms with Crippen molar-refractivity contribution in [2.75, 3.05) is 0 Å². The fourth-order valence-electron chi connectivity index (χ4n) is 1.55. The number of hydrogen-bond donors (Lipinski definition) is 0. The van der Waals surface area contributed by atoms with Crippen LogP contribution in [0.1, 0.15) is 0 Å². The van der Waals surface area contributed by atoms with Gasteiger partial charge in [0, 0.05) is 0 Å². The minimum absolute atomic E-state index is 1.54. The van der Waals surface area contributed by atoms with Crippen LogP contribution in [-0.2, 0) is 8.23 Å². The highest BCUT2D eigenvalue weighted by Crippen LogP contribution is 2.25. The van der Waals surface area contributed by atoms with Crippen molar-refractivity contribution in [2.45, 2.75) is 39.3 Å². The third kappa shape index (κ3) is 4.60. The summed E-state index contributed by atoms with van der Waals surface area (Å²) < 4.78 is 12.6. The lowest BCUT2D eigenvalue weighted by Gasteiger charge is -2.35. The Morgan fingerprint density at radius 3 is 1.33 bits per heavy atom. The lowest BCUT2D eigenvalue weighted by atomic mass is 10.6. The second kappa shape index (κ2) is 4.14. The van der Waals surface area contributed by atoms with Gasteiger partial charge in [-0.15, -0.1) is 0 Å². The van der Waals surface area contributed by atoms with E-state index in [4.69, 9.17) is 8.23 Å². The lowest BCUT2D eigenvalue weighted by Crippen LogP contribution is -2.52. The first-order valence-corrected chi connectivity index (χ1v) is 14.2. The second-order valence-corrected chi connectivity index (χ2v) is 18.1. The first-order chi connectivity index (χ1) is 6.62. The Kier molecular flexibility index (Phi) is 3.62. The first kappa shape index (κ1) is 13.1. The summed E-state index contributed by atoms with van der Waals surface area (Å²) in [5.74, 6) is 0. The molecule has 1 aliphatic heterocycles. The standard InChI is InChI=1S/C10H22O2Si3/c1-13(2,3)11-15(9-7-8-10-15)12-14(4,5)6/h7-10H,1-6H3. The van der Waals surface area contributed by atoms with Crippen LogP contribution in [0, 0.1) is 0 Å². The maximum Gasteiger partial charge on any atom is 0.371 e. The average Bonchev–Trinajstić information content (AvgIpc) is 2.27. The van der Waals surface area contributed by atoms with Crippen LogP contribution < -0.4 is 0 Å². The fourth-order valence-corrected chi connectivity index (χ4v) is 11.7. The molecule has 1 rings (SSSR count). The zero-order chi connectivity index (χ0) is 11.7. The van der Waals surface area contributed by atoms with E-state index in [1.54, 1.807) is 0 Å². The Labute approximate surface area is 96.5 Å². The summed E-state index contributed by atoms with van der Waals surface area (Å²) in [4.78, 5) is 0. The molecule has 0 fully saturated rings. The van der Waals surface area contributed by atoms with Gasteiger partial charge in [0.15, 0.2) is 16.6 Å². The highest BCUT2D eigenvalue weighted by atomic mass is 28.5. The van der Waals surface area contributed by atoms with Crippen LogP contribution in [0.15, 0.2) is 23.6 Å². The molecule has 0 unspecified atom stereocenters. The van der Waals surface area contributed by atoms with Crippen LogP contribution in [0.25, 0.3) is 0 Å². The molecule has 0 aromatic heterocycles. The molecule has 0 bridgehead atoms. The topological polar surface area (TPSA) is 18.5 Å². The van der Waals surface area contributed by atoms with Crippen molar-refractivity contribution in [1.82, 2.24) is 0 Å². The normalized spacial score (nSPS) is 19.9. The van der Waals surface area contributed by atoms with E-state index in [9.17, 15) is 0 Å². The molecule has 5 heteroatoms. The van der Waals surface area contributed by atoms with Gasteiger partial charge in [-0.2, -0.15) is 0 Å². The lowest BCUT2D eigenvalue weighted by molar-refractivity contribution is 0.411. The summed E-state index contributed by atoms with van der Waals surface area (Å²) in [5.41, 5.74) is 4.31. The zero-order valence-electron chi connectivity index (χ0n) is 10.6. The highest BCUT2D eigenvalue weighted by Gasteiger charge is 2.41. The predicted molar refractivity (Wildman–Crippen MR) is 72.9 cm³/mol. The third-order valence-electron chi connectivity index (χ3n) is 1.70. The van der Waals surface area contributed by atoms with E-state index >= 15 is 0 Å². The van der Waals surface area contributed by atoms with Crippen LogP contribution in [0.3, 0.4) is 0 Å². The van der Waals surface area contributed by atoms with Gasteiger partial charge >= 0.3 is 8.56 Å². The van der Waals surface area contributed by atoms with Gasteiger partial charge in [-0.25, -0.2) is 0 Å². The van der Waals surface area contributed by atoms with Gasteiger partial charge in [0.2, 0.25) is 0 Å². The smallest absolute Gasteiger partial charge is 0.371 e. The van der Waals surface area contributed by atoms with E-state index in [0.29, 0.717) is 0 Å². The van der Waals surface area contributed by atoms with Crippen molar-refractivity contribution in [3.63, 3.8) is 0 Å². The molecule has 1 heterocycles. The molecule has 0 saturated heterocycles. The van der Waals surface area contributed by atoms with Gasteiger partial charge in [-0.1, -0.05) is 12.2 Å². The molecule has 0 saturated carbocycles. The number of rotatable bonds is 4. The van der Waals surface area contributed by atoms with Gasteiger partial charge in [0.25, 0.3) is 0 Å². The molecule has 1 aliphatic rings.